The number of aromatic hydroxyl groups is 1. The number of carbonyl (C=O) groups excluding carboxylic acids is 4. The number of nitriles is 1. The molecule has 20 nitrogen and oxygen atoms in total. The van der Waals surface area contributed by atoms with E-state index in [1.165, 1.54) is 27.7 Å². The van der Waals surface area contributed by atoms with Crippen LogP contribution in [0.2, 0.25) is 5.02 Å². The molecule has 4 aromatic heterocycles. The minimum Gasteiger partial charge on any atom is -0.508 e. The molecule has 85 heavy (non-hydrogen) atoms. The van der Waals surface area contributed by atoms with Crippen molar-refractivity contribution in [1.29, 1.82) is 5.26 Å². The molecule has 7 aromatic rings. The van der Waals surface area contributed by atoms with Crippen LogP contribution >= 0.6 is 22.9 Å². The second kappa shape index (κ2) is 21.8. The molecule has 12 rings (SSSR count). The smallest absolute Gasteiger partial charge is 0.410 e. The predicted octanol–water partition coefficient (Wildman–Crippen LogP) is 8.64. The van der Waals surface area contributed by atoms with Crippen LogP contribution in [-0.4, -0.2) is 140 Å². The Bertz CT molecular complexity index is 4150. The van der Waals surface area contributed by atoms with Crippen molar-refractivity contribution in [2.75, 3.05) is 63.1 Å². The number of cyclic esters (lactones) is 1. The van der Waals surface area contributed by atoms with Crippen LogP contribution in [0.5, 0.6) is 11.8 Å². The Hall–Kier alpha value is -8.53. The fraction of sp³-hybridized carbons (Fsp3) is 0.383. The highest BCUT2D eigenvalue weighted by atomic mass is 35.5. The van der Waals surface area contributed by atoms with E-state index < -0.39 is 84.2 Å². The molecule has 25 heteroatoms. The van der Waals surface area contributed by atoms with E-state index in [-0.39, 0.29) is 134 Å². The maximum atomic E-state index is 17.5. The number of nitrogen functional groups attached to an aromatic ring is 1. The van der Waals surface area contributed by atoms with Crippen LogP contribution in [0.1, 0.15) is 80.9 Å². The fourth-order valence-corrected chi connectivity index (χ4v) is 14.0. The summed E-state index contributed by atoms with van der Waals surface area (Å²) in [4.78, 5) is 89.6. The van der Waals surface area contributed by atoms with Crippen molar-refractivity contribution < 1.29 is 56.4 Å². The van der Waals surface area contributed by atoms with Crippen molar-refractivity contribution in [3.63, 3.8) is 0 Å². The summed E-state index contributed by atoms with van der Waals surface area (Å²) in [5.41, 5.74) is 8.16. The van der Waals surface area contributed by atoms with Crippen LogP contribution in [0, 0.1) is 23.0 Å². The molecule has 0 spiro atoms. The Morgan fingerprint density at radius 3 is 2.62 bits per heavy atom. The molecule has 5 aliphatic rings. The lowest BCUT2D eigenvalue weighted by atomic mass is 9.95. The number of fused-ring (bicyclic) bond motifs is 8. The molecule has 3 aromatic carbocycles. The molecule has 4 atom stereocenters. The third kappa shape index (κ3) is 9.74. The van der Waals surface area contributed by atoms with E-state index >= 15 is 8.78 Å². The number of ether oxygens (including phenoxy) is 4. The molecule has 5 aliphatic heterocycles. The molecule has 0 saturated carbocycles. The van der Waals surface area contributed by atoms with E-state index in [0.717, 1.165) is 45.2 Å². The quantitative estimate of drug-likeness (QED) is 0.0622. The van der Waals surface area contributed by atoms with Crippen molar-refractivity contribution in [1.82, 2.24) is 34.2 Å². The van der Waals surface area contributed by atoms with E-state index in [0.29, 0.717) is 36.3 Å². The maximum Gasteiger partial charge on any atom is 0.410 e. The SMILES string of the molecule is C=C(COC(=O)N(CC(=O)O[C@@H]1C(=O)OCc2c1cc1n(c2=O)Cc2c-1nc1ccc(O)cc1c2CC)C(C)C)C(=O)N1CCN(c2nc(OC[C@@]34CCCN3C[C@H](F)C4)nc3c(F)c(-c4ccc(F)c5sc(N)c(C#N)c45)c(Cl)cc23)[C@@H](C)C1. The number of anilines is 2. The van der Waals surface area contributed by atoms with Gasteiger partial charge in [0, 0.05) is 83.1 Å². The Kier molecular flexibility index (Phi) is 14.6. The zero-order valence-corrected chi connectivity index (χ0v) is 48.2. The number of aromatic nitrogens is 4. The summed E-state index contributed by atoms with van der Waals surface area (Å²) in [6, 6.07) is 11.0. The van der Waals surface area contributed by atoms with Gasteiger partial charge < -0.3 is 44.2 Å². The van der Waals surface area contributed by atoms with Gasteiger partial charge in [-0.2, -0.15) is 15.2 Å². The number of carbonyl (C=O) groups is 4. The molecule has 9 heterocycles. The number of phenolic OH excluding ortho intramolecular Hbond substituents is 1. The predicted molar refractivity (Wildman–Crippen MR) is 309 cm³/mol. The Morgan fingerprint density at radius 1 is 1.07 bits per heavy atom. The Balaban J connectivity index is 0.741. The van der Waals surface area contributed by atoms with E-state index in [1.54, 1.807) is 32.0 Å². The fourth-order valence-electron chi connectivity index (χ4n) is 12.8. The number of aryl methyl sites for hydroxylation is 1. The van der Waals surface area contributed by atoms with Crippen LogP contribution in [0.25, 0.3) is 54.4 Å². The average Bonchev–Trinajstić information content (AvgIpc) is 1.83. The monoisotopic (exact) mass is 1200 g/mol. The van der Waals surface area contributed by atoms with E-state index in [9.17, 15) is 38.7 Å². The topological polar surface area (TPSA) is 249 Å². The summed E-state index contributed by atoms with van der Waals surface area (Å²) >= 11 is 7.83. The summed E-state index contributed by atoms with van der Waals surface area (Å²) < 4.78 is 72.1. The largest absolute Gasteiger partial charge is 0.508 e. The number of nitrogens with zero attached hydrogens (tertiary/aromatic N) is 9. The van der Waals surface area contributed by atoms with Crippen molar-refractivity contribution in [2.24, 2.45) is 0 Å². The van der Waals surface area contributed by atoms with Gasteiger partial charge in [-0.1, -0.05) is 31.2 Å². The number of thiophene rings is 1. The van der Waals surface area contributed by atoms with Gasteiger partial charge in [0.25, 0.3) is 11.5 Å². The van der Waals surface area contributed by atoms with Gasteiger partial charge in [0.15, 0.2) is 5.82 Å². The zero-order valence-electron chi connectivity index (χ0n) is 46.6. The van der Waals surface area contributed by atoms with Gasteiger partial charge in [0.2, 0.25) is 6.10 Å². The molecule has 0 radical (unpaired) electrons. The lowest BCUT2D eigenvalue weighted by Gasteiger charge is -2.41. The number of pyridine rings is 2. The molecule has 3 N–H and O–H groups in total. The average molecular weight is 1200 g/mol. The third-order valence-electron chi connectivity index (χ3n) is 16.9. The highest BCUT2D eigenvalue weighted by molar-refractivity contribution is 7.23. The molecule has 0 aliphatic carbocycles. The first-order valence-electron chi connectivity index (χ1n) is 27.8. The third-order valence-corrected chi connectivity index (χ3v) is 18.3. The number of benzene rings is 3. The lowest BCUT2D eigenvalue weighted by molar-refractivity contribution is -0.172. The van der Waals surface area contributed by atoms with Gasteiger partial charge in [-0.05, 0) is 94.1 Å². The molecular weight excluding hydrogens is 1150 g/mol. The van der Waals surface area contributed by atoms with Gasteiger partial charge in [-0.3, -0.25) is 24.2 Å². The Morgan fingerprint density at radius 2 is 1.87 bits per heavy atom. The number of alkyl halides is 1. The van der Waals surface area contributed by atoms with Gasteiger partial charge in [0.1, 0.15) is 66.5 Å². The molecule has 440 valence electrons. The van der Waals surface area contributed by atoms with Crippen molar-refractivity contribution in [3.05, 3.63) is 109 Å². The number of halogens is 4. The van der Waals surface area contributed by atoms with Gasteiger partial charge in [-0.25, -0.2) is 27.7 Å². The van der Waals surface area contributed by atoms with E-state index in [4.69, 9.17) is 46.3 Å². The highest BCUT2D eigenvalue weighted by Gasteiger charge is 2.50. The number of phenols is 1. The number of rotatable bonds is 13. The number of hydrogen-bond acceptors (Lipinski definition) is 18. The summed E-state index contributed by atoms with van der Waals surface area (Å²) in [6.45, 7) is 10.8. The summed E-state index contributed by atoms with van der Waals surface area (Å²) in [5.74, 6) is -3.74. The van der Waals surface area contributed by atoms with Gasteiger partial charge in [0.05, 0.1) is 49.8 Å². The molecule has 2 amide bonds. The van der Waals surface area contributed by atoms with Crippen molar-refractivity contribution in [2.45, 2.75) is 96.4 Å². The second-order valence-electron chi connectivity index (χ2n) is 22.4. The number of amides is 2. The molecular formula is C60H56ClF3N10O10S. The molecule has 3 saturated heterocycles. The summed E-state index contributed by atoms with van der Waals surface area (Å²) in [5, 5.41) is 21.3. The number of piperazine rings is 1. The van der Waals surface area contributed by atoms with Crippen LogP contribution in [0.15, 0.2) is 59.4 Å². The molecule has 0 unspecified atom stereocenters. The van der Waals surface area contributed by atoms with Gasteiger partial charge in [-0.15, -0.1) is 11.3 Å². The summed E-state index contributed by atoms with van der Waals surface area (Å²) in [6.07, 6.45) is -1.34. The Labute approximate surface area is 492 Å². The van der Waals surface area contributed by atoms with Crippen molar-refractivity contribution >= 4 is 89.6 Å². The standard InChI is InChI=1S/C60H56ClF3N10O10S/c1-6-33-35-16-32(75)8-11-43(35)67-49-39(33)23-74-44(49)18-36-40(56(74)78)26-81-57(79)51(36)84-45(76)24-73(28(2)3)59(80)82-25-29(4)55(77)70-14-15-72(30(5)21-70)54-37-17-41(61)47(34-9-10-42(63)52-46(34)38(20-65)53(66)85-52)48(64)50(37)68-58(69-54)83-27-60-12-7-13-71(60)22-31(62)19-60/h8-11,16-18,28,30-31,51,75H,4,6-7,12-15,19,21-27,66H2,1-3,5H3/t30-,31+,51-,60-/m0/s1. The first-order valence-corrected chi connectivity index (χ1v) is 29.0. The van der Waals surface area contributed by atoms with Crippen LogP contribution in [0.4, 0.5) is 28.8 Å². The van der Waals surface area contributed by atoms with Crippen LogP contribution in [0.3, 0.4) is 0 Å². The second-order valence-corrected chi connectivity index (χ2v) is 23.8. The van der Waals surface area contributed by atoms with Crippen molar-refractivity contribution in [3.8, 4) is 40.3 Å². The van der Waals surface area contributed by atoms with E-state index in [2.05, 4.69) is 16.5 Å². The highest BCUT2D eigenvalue weighted by Crippen LogP contribution is 2.47. The lowest BCUT2D eigenvalue weighted by Crippen LogP contribution is -2.54. The van der Waals surface area contributed by atoms with E-state index in [1.807, 2.05) is 24.8 Å². The number of nitrogens with two attached hydrogens (primary N) is 1. The first-order chi connectivity index (χ1) is 40.7. The first kappa shape index (κ1) is 56.9. The summed E-state index contributed by atoms with van der Waals surface area (Å²) in [7, 11) is 0. The number of hydrogen-bond donors (Lipinski definition) is 2. The minimum absolute atomic E-state index is 0.0284. The maximum absolute atomic E-state index is 17.5. The zero-order chi connectivity index (χ0) is 60.1. The molecule has 0 bridgehead atoms. The molecule has 3 fully saturated rings. The number of esters is 2. The van der Waals surface area contributed by atoms with Gasteiger partial charge >= 0.3 is 24.0 Å². The normalized spacial score (nSPS) is 19.9. The minimum atomic E-state index is -1.65. The van der Waals surface area contributed by atoms with Crippen LogP contribution < -0.4 is 20.9 Å². The van der Waals surface area contributed by atoms with Crippen LogP contribution in [-0.2, 0) is 48.2 Å².